The van der Waals surface area contributed by atoms with Gasteiger partial charge in [0.1, 0.15) is 23.5 Å². The van der Waals surface area contributed by atoms with Crippen LogP contribution in [0, 0.1) is 0 Å². The summed E-state index contributed by atoms with van der Waals surface area (Å²) in [6.07, 6.45) is 2.84. The second kappa shape index (κ2) is 10.9. The van der Waals surface area contributed by atoms with Crippen molar-refractivity contribution >= 4 is 45.9 Å². The summed E-state index contributed by atoms with van der Waals surface area (Å²) in [5.41, 5.74) is 2.39. The number of rotatable bonds is 7. The number of aromatic nitrogens is 3. The number of hydrogen-bond acceptors (Lipinski definition) is 9. The highest BCUT2D eigenvalue weighted by Crippen LogP contribution is 2.48. The molecule has 2 aromatic carbocycles. The van der Waals surface area contributed by atoms with Crippen LogP contribution in [0.25, 0.3) is 16.7 Å². The molecule has 6 rings (SSSR count). The van der Waals surface area contributed by atoms with Crippen LogP contribution in [0.5, 0.6) is 5.75 Å². The van der Waals surface area contributed by atoms with Gasteiger partial charge in [-0.2, -0.15) is 4.98 Å². The van der Waals surface area contributed by atoms with Gasteiger partial charge in [0.25, 0.3) is 5.56 Å². The molecule has 0 amide bonds. The normalized spacial score (nSPS) is 19.4. The fraction of sp³-hybridized carbons (Fsp3) is 0.312. The van der Waals surface area contributed by atoms with E-state index in [2.05, 4.69) is 22.2 Å². The summed E-state index contributed by atoms with van der Waals surface area (Å²) in [4.78, 5) is 40.4. The fourth-order valence-corrected chi connectivity index (χ4v) is 6.84. The van der Waals surface area contributed by atoms with E-state index in [-0.39, 0.29) is 17.4 Å². The van der Waals surface area contributed by atoms with E-state index in [9.17, 15) is 9.59 Å². The van der Waals surface area contributed by atoms with Crippen molar-refractivity contribution in [2.24, 2.45) is 0 Å². The van der Waals surface area contributed by atoms with Gasteiger partial charge in [0.15, 0.2) is 5.78 Å². The minimum atomic E-state index is -0.799. The van der Waals surface area contributed by atoms with Gasteiger partial charge in [-0.15, -0.1) is 11.8 Å². The van der Waals surface area contributed by atoms with Crippen LogP contribution in [0.3, 0.4) is 0 Å². The number of ether oxygens (including phenoxy) is 1. The van der Waals surface area contributed by atoms with E-state index in [0.717, 1.165) is 35.8 Å². The van der Waals surface area contributed by atoms with Crippen molar-refractivity contribution in [3.05, 3.63) is 88.9 Å². The molecule has 2 aliphatic rings. The molecule has 10 heteroatoms. The summed E-state index contributed by atoms with van der Waals surface area (Å²) in [5, 5.41) is 7.19. The maximum absolute atomic E-state index is 14.2. The number of benzene rings is 2. The van der Waals surface area contributed by atoms with Crippen LogP contribution in [0.15, 0.2) is 77.1 Å². The highest BCUT2D eigenvalue weighted by Gasteiger charge is 2.44. The lowest BCUT2D eigenvalue weighted by Gasteiger charge is -2.39. The van der Waals surface area contributed by atoms with Crippen molar-refractivity contribution < 1.29 is 9.53 Å². The number of hydrogen-bond donors (Lipinski definition) is 2. The number of carbonyl (C=O) groups excluding carboxylic acids is 1. The van der Waals surface area contributed by atoms with Crippen LogP contribution in [0.4, 0.5) is 11.6 Å². The molecular formula is C32H34N6O3S. The van der Waals surface area contributed by atoms with Crippen LogP contribution < -0.4 is 20.9 Å². The number of anilines is 2. The molecular weight excluding hydrogens is 548 g/mol. The number of carbonyl (C=O) groups is 1. The molecule has 4 aromatic rings. The minimum absolute atomic E-state index is 0.119. The number of fused-ring (bicyclic) bond motifs is 2. The summed E-state index contributed by atoms with van der Waals surface area (Å²) in [7, 11) is 3.67. The first kappa shape index (κ1) is 28.0. The number of nitrogens with one attached hydrogen (secondary N) is 2. The SMILES string of the molecule is C=C(c1cc2cnc(Nc3ccc(OC4CCNC4)cc3)nc2n(C2C(=O)c3ccccc3SC2(C)C)c1=O)N(C)C. The van der Waals surface area contributed by atoms with Crippen molar-refractivity contribution in [3.8, 4) is 5.75 Å². The third-order valence-electron chi connectivity index (χ3n) is 7.74. The Morgan fingerprint density at radius 2 is 1.93 bits per heavy atom. The van der Waals surface area contributed by atoms with Gasteiger partial charge in [-0.3, -0.25) is 14.2 Å². The average molecular weight is 583 g/mol. The van der Waals surface area contributed by atoms with Crippen LogP contribution >= 0.6 is 11.8 Å². The fourth-order valence-electron chi connectivity index (χ4n) is 5.52. The Labute approximate surface area is 249 Å². The van der Waals surface area contributed by atoms with Crippen molar-refractivity contribution in [1.29, 1.82) is 0 Å². The van der Waals surface area contributed by atoms with Crippen LogP contribution in [-0.4, -0.2) is 63.3 Å². The summed E-state index contributed by atoms with van der Waals surface area (Å²) < 4.78 is 6.94. The van der Waals surface area contributed by atoms with Gasteiger partial charge in [-0.25, -0.2) is 4.98 Å². The van der Waals surface area contributed by atoms with Crippen LogP contribution in [0.1, 0.15) is 42.2 Å². The third kappa shape index (κ3) is 5.16. The summed E-state index contributed by atoms with van der Waals surface area (Å²) >= 11 is 1.59. The Balaban J connectivity index is 1.43. The molecule has 2 aromatic heterocycles. The molecule has 0 spiro atoms. The molecule has 42 heavy (non-hydrogen) atoms. The topological polar surface area (TPSA) is 101 Å². The lowest BCUT2D eigenvalue weighted by Crippen LogP contribution is -2.45. The van der Waals surface area contributed by atoms with Gasteiger partial charge in [-0.05, 0) is 63.2 Å². The molecule has 0 saturated carbocycles. The van der Waals surface area contributed by atoms with E-state index in [1.807, 2.05) is 76.5 Å². The first-order valence-corrected chi connectivity index (χ1v) is 14.8. The molecule has 1 saturated heterocycles. The number of Topliss-reactive ketones (excluding diaryl/α,β-unsaturated/α-hetero) is 1. The largest absolute Gasteiger partial charge is 0.489 e. The quantitative estimate of drug-likeness (QED) is 0.308. The van der Waals surface area contributed by atoms with Gasteiger partial charge < -0.3 is 20.3 Å². The number of thioether (sulfide) groups is 1. The molecule has 1 fully saturated rings. The zero-order valence-electron chi connectivity index (χ0n) is 24.2. The standard InChI is InChI=1S/C32H34N6O3S/c1-19(37(4)5)25-16-20-17-34-31(35-21-10-12-22(13-11-21)41-23-14-15-33-18-23)36-29(20)38(30(25)40)28-27(39)24-8-6-7-9-26(24)42-32(28,2)3/h6-13,16-17,23,28,33H,1,14-15,18H2,2-5H3,(H,34,35,36). The number of ketones is 1. The van der Waals surface area contributed by atoms with E-state index in [0.29, 0.717) is 33.8 Å². The molecule has 2 unspecified atom stereocenters. The van der Waals surface area contributed by atoms with Crippen molar-refractivity contribution in [2.45, 2.75) is 42.1 Å². The van der Waals surface area contributed by atoms with Crippen molar-refractivity contribution in [3.63, 3.8) is 0 Å². The zero-order chi connectivity index (χ0) is 29.6. The minimum Gasteiger partial charge on any atom is -0.489 e. The van der Waals surface area contributed by atoms with Crippen LogP contribution in [-0.2, 0) is 0 Å². The second-order valence-electron chi connectivity index (χ2n) is 11.4. The molecule has 4 heterocycles. The Bertz CT molecular complexity index is 1740. The monoisotopic (exact) mass is 582 g/mol. The Morgan fingerprint density at radius 3 is 2.64 bits per heavy atom. The van der Waals surface area contributed by atoms with Gasteiger partial charge in [-0.1, -0.05) is 24.8 Å². The highest BCUT2D eigenvalue weighted by molar-refractivity contribution is 8.00. The molecule has 0 aliphatic carbocycles. The smallest absolute Gasteiger partial charge is 0.262 e. The van der Waals surface area contributed by atoms with E-state index < -0.39 is 10.8 Å². The average Bonchev–Trinajstić information content (AvgIpc) is 3.47. The first-order chi connectivity index (χ1) is 20.1. The Kier molecular flexibility index (Phi) is 7.28. The van der Waals surface area contributed by atoms with Gasteiger partial charge >= 0.3 is 0 Å². The predicted molar refractivity (Wildman–Crippen MR) is 168 cm³/mol. The number of nitrogens with zero attached hydrogens (tertiary/aromatic N) is 4. The Morgan fingerprint density at radius 1 is 1.17 bits per heavy atom. The lowest BCUT2D eigenvalue weighted by molar-refractivity contribution is 0.0897. The first-order valence-electron chi connectivity index (χ1n) is 14.0. The molecule has 2 aliphatic heterocycles. The number of pyridine rings is 1. The van der Waals surface area contributed by atoms with Gasteiger partial charge in [0.2, 0.25) is 5.95 Å². The Hall–Kier alpha value is -4.15. The van der Waals surface area contributed by atoms with Gasteiger partial charge in [0, 0.05) is 58.8 Å². The maximum Gasteiger partial charge on any atom is 0.262 e. The highest BCUT2D eigenvalue weighted by atomic mass is 32.2. The lowest BCUT2D eigenvalue weighted by atomic mass is 9.92. The second-order valence-corrected chi connectivity index (χ2v) is 13.1. The maximum atomic E-state index is 14.2. The van der Waals surface area contributed by atoms with E-state index in [4.69, 9.17) is 9.72 Å². The molecule has 9 nitrogen and oxygen atoms in total. The van der Waals surface area contributed by atoms with Gasteiger partial charge in [0.05, 0.1) is 5.56 Å². The third-order valence-corrected chi connectivity index (χ3v) is 9.07. The van der Waals surface area contributed by atoms with E-state index >= 15 is 0 Å². The van der Waals surface area contributed by atoms with E-state index in [1.165, 1.54) is 0 Å². The molecule has 216 valence electrons. The molecule has 0 radical (unpaired) electrons. The predicted octanol–water partition coefficient (Wildman–Crippen LogP) is 5.12. The summed E-state index contributed by atoms with van der Waals surface area (Å²) in [6, 6.07) is 16.1. The summed E-state index contributed by atoms with van der Waals surface area (Å²) in [6.45, 7) is 9.94. The van der Waals surface area contributed by atoms with E-state index in [1.54, 1.807) is 33.5 Å². The zero-order valence-corrected chi connectivity index (χ0v) is 25.0. The van der Waals surface area contributed by atoms with Crippen molar-refractivity contribution in [1.82, 2.24) is 24.8 Å². The molecule has 2 atom stereocenters. The van der Waals surface area contributed by atoms with Crippen LogP contribution in [0.2, 0.25) is 0 Å². The molecule has 2 N–H and O–H groups in total. The van der Waals surface area contributed by atoms with Crippen molar-refractivity contribution in [2.75, 3.05) is 32.5 Å². The summed E-state index contributed by atoms with van der Waals surface area (Å²) in [5.74, 6) is 0.996. The molecule has 0 bridgehead atoms.